The summed E-state index contributed by atoms with van der Waals surface area (Å²) >= 11 is 0. The Hall–Kier alpha value is -3.08. The van der Waals surface area contributed by atoms with Crippen LogP contribution in [0.2, 0.25) is 0 Å². The van der Waals surface area contributed by atoms with E-state index in [0.717, 1.165) is 0 Å². The van der Waals surface area contributed by atoms with Gasteiger partial charge in [0.1, 0.15) is 17.1 Å². The zero-order chi connectivity index (χ0) is 14.4. The highest BCUT2D eigenvalue weighted by molar-refractivity contribution is 6.27. The largest absolute Gasteiger partial charge is 0.333 e. The van der Waals surface area contributed by atoms with Crippen molar-refractivity contribution in [1.29, 1.82) is 0 Å². The van der Waals surface area contributed by atoms with Gasteiger partial charge in [-0.2, -0.15) is 0 Å². The Balaban J connectivity index is 1.92. The van der Waals surface area contributed by atoms with E-state index in [1.54, 1.807) is 42.6 Å². The molecule has 5 nitrogen and oxygen atoms in total. The second-order valence-electron chi connectivity index (χ2n) is 4.73. The zero-order valence-corrected chi connectivity index (χ0v) is 10.8. The van der Waals surface area contributed by atoms with Gasteiger partial charge in [-0.05, 0) is 12.1 Å². The maximum Gasteiger partial charge on any atom is 0.214 e. The molecule has 100 valence electrons. The summed E-state index contributed by atoms with van der Waals surface area (Å²) in [5.74, 6) is -0.0244. The lowest BCUT2D eigenvalue weighted by atomic mass is 9.90. The highest BCUT2D eigenvalue weighted by atomic mass is 16.1. The molecule has 0 saturated heterocycles. The molecule has 0 saturated carbocycles. The molecule has 1 N–H and O–H groups in total. The third-order valence-electron chi connectivity index (χ3n) is 3.47. The molecule has 2 aromatic heterocycles. The average molecular weight is 275 g/mol. The standard InChI is InChI=1S/C16H9N3O2/c20-14-9-5-1-2-6-10(9)15(21)13-12(14)18-16(19-13)11-7-3-4-8-17-11/h1-8H,(H,18,19). The molecule has 1 aliphatic carbocycles. The summed E-state index contributed by atoms with van der Waals surface area (Å²) in [4.78, 5) is 36.3. The molecule has 5 heteroatoms. The fourth-order valence-corrected chi connectivity index (χ4v) is 2.47. The number of H-pyrrole nitrogens is 1. The van der Waals surface area contributed by atoms with Crippen molar-refractivity contribution < 1.29 is 9.59 Å². The van der Waals surface area contributed by atoms with Crippen LogP contribution in [0.25, 0.3) is 11.5 Å². The number of fused-ring (bicyclic) bond motifs is 2. The van der Waals surface area contributed by atoms with Gasteiger partial charge in [0.25, 0.3) is 0 Å². The lowest BCUT2D eigenvalue weighted by molar-refractivity contribution is 0.0974. The van der Waals surface area contributed by atoms with Gasteiger partial charge in [-0.15, -0.1) is 0 Å². The van der Waals surface area contributed by atoms with Crippen LogP contribution in [0.4, 0.5) is 0 Å². The molecular formula is C16H9N3O2. The third-order valence-corrected chi connectivity index (χ3v) is 3.47. The van der Waals surface area contributed by atoms with E-state index in [4.69, 9.17) is 0 Å². The van der Waals surface area contributed by atoms with E-state index in [9.17, 15) is 9.59 Å². The molecule has 1 aliphatic rings. The Morgan fingerprint density at radius 1 is 0.857 bits per heavy atom. The van der Waals surface area contributed by atoms with Crippen LogP contribution in [-0.4, -0.2) is 26.5 Å². The number of pyridine rings is 1. The molecule has 0 unspecified atom stereocenters. The molecule has 2 heterocycles. The van der Waals surface area contributed by atoms with Gasteiger partial charge in [-0.3, -0.25) is 14.6 Å². The molecular weight excluding hydrogens is 266 g/mol. The number of aromatic nitrogens is 3. The van der Waals surface area contributed by atoms with Gasteiger partial charge >= 0.3 is 0 Å². The zero-order valence-electron chi connectivity index (χ0n) is 10.8. The number of benzene rings is 1. The Labute approximate surface area is 119 Å². The summed E-state index contributed by atoms with van der Waals surface area (Å²) in [6.45, 7) is 0. The molecule has 21 heavy (non-hydrogen) atoms. The first kappa shape index (κ1) is 11.7. The van der Waals surface area contributed by atoms with Gasteiger partial charge in [0.15, 0.2) is 5.82 Å². The highest BCUT2D eigenvalue weighted by Crippen LogP contribution is 2.27. The first-order valence-corrected chi connectivity index (χ1v) is 6.45. The van der Waals surface area contributed by atoms with Crippen LogP contribution in [0.15, 0.2) is 48.7 Å². The van der Waals surface area contributed by atoms with Gasteiger partial charge in [0.2, 0.25) is 11.6 Å². The van der Waals surface area contributed by atoms with Gasteiger partial charge in [0.05, 0.1) is 0 Å². The number of nitrogens with zero attached hydrogens (tertiary/aromatic N) is 2. The lowest BCUT2D eigenvalue weighted by Crippen LogP contribution is -2.20. The number of hydrogen-bond acceptors (Lipinski definition) is 4. The van der Waals surface area contributed by atoms with Crippen molar-refractivity contribution in [3.63, 3.8) is 0 Å². The SMILES string of the molecule is O=C1c2ccccc2C(=O)c2[nH]c(-c3ccccn3)nc21. The summed E-state index contributed by atoms with van der Waals surface area (Å²) in [5, 5.41) is 0. The minimum Gasteiger partial charge on any atom is -0.333 e. The maximum atomic E-state index is 12.5. The Morgan fingerprint density at radius 2 is 1.57 bits per heavy atom. The van der Waals surface area contributed by atoms with Gasteiger partial charge in [-0.25, -0.2) is 4.98 Å². The fourth-order valence-electron chi connectivity index (χ4n) is 2.47. The minimum atomic E-state index is -0.237. The van der Waals surface area contributed by atoms with Crippen LogP contribution in [0, 0.1) is 0 Å². The van der Waals surface area contributed by atoms with E-state index < -0.39 is 0 Å². The van der Waals surface area contributed by atoms with E-state index in [2.05, 4.69) is 15.0 Å². The van der Waals surface area contributed by atoms with Crippen molar-refractivity contribution >= 4 is 11.6 Å². The van der Waals surface area contributed by atoms with Gasteiger partial charge < -0.3 is 4.98 Å². The predicted octanol–water partition coefficient (Wildman–Crippen LogP) is 2.25. The molecule has 3 aromatic rings. The van der Waals surface area contributed by atoms with Crippen LogP contribution in [0.5, 0.6) is 0 Å². The Kier molecular flexibility index (Phi) is 2.35. The Morgan fingerprint density at radius 3 is 2.29 bits per heavy atom. The van der Waals surface area contributed by atoms with E-state index in [-0.39, 0.29) is 23.0 Å². The monoisotopic (exact) mass is 275 g/mol. The molecule has 0 atom stereocenters. The van der Waals surface area contributed by atoms with Crippen LogP contribution in [-0.2, 0) is 0 Å². The van der Waals surface area contributed by atoms with E-state index in [1.165, 1.54) is 0 Å². The topological polar surface area (TPSA) is 75.7 Å². The van der Waals surface area contributed by atoms with Crippen LogP contribution >= 0.6 is 0 Å². The van der Waals surface area contributed by atoms with Gasteiger partial charge in [-0.1, -0.05) is 30.3 Å². The van der Waals surface area contributed by atoms with Crippen molar-refractivity contribution in [3.8, 4) is 11.5 Å². The molecule has 1 aromatic carbocycles. The molecule has 0 bridgehead atoms. The number of rotatable bonds is 1. The Bertz CT molecular complexity index is 829. The smallest absolute Gasteiger partial charge is 0.214 e. The normalized spacial score (nSPS) is 13.0. The second kappa shape index (κ2) is 4.21. The first-order chi connectivity index (χ1) is 10.3. The predicted molar refractivity (Wildman–Crippen MR) is 75.1 cm³/mol. The fraction of sp³-hybridized carbons (Fsp3) is 0. The summed E-state index contributed by atoms with van der Waals surface area (Å²) in [7, 11) is 0. The molecule has 4 rings (SSSR count). The molecule has 0 fully saturated rings. The third kappa shape index (κ3) is 1.64. The number of ketones is 2. The summed E-state index contributed by atoms with van der Waals surface area (Å²) < 4.78 is 0. The molecule has 0 amide bonds. The molecule has 0 aliphatic heterocycles. The van der Waals surface area contributed by atoms with E-state index in [1.807, 2.05) is 6.07 Å². The number of carbonyl (C=O) groups excluding carboxylic acids is 2. The van der Waals surface area contributed by atoms with Crippen molar-refractivity contribution in [2.24, 2.45) is 0 Å². The average Bonchev–Trinajstić information content (AvgIpc) is 2.99. The van der Waals surface area contributed by atoms with Crippen molar-refractivity contribution in [1.82, 2.24) is 15.0 Å². The summed E-state index contributed by atoms with van der Waals surface area (Å²) in [6, 6.07) is 12.2. The van der Waals surface area contributed by atoms with E-state index in [0.29, 0.717) is 22.6 Å². The van der Waals surface area contributed by atoms with Crippen molar-refractivity contribution in [3.05, 3.63) is 71.2 Å². The number of nitrogens with one attached hydrogen (secondary N) is 1. The number of hydrogen-bond donors (Lipinski definition) is 1. The van der Waals surface area contributed by atoms with Crippen molar-refractivity contribution in [2.75, 3.05) is 0 Å². The molecule has 0 radical (unpaired) electrons. The van der Waals surface area contributed by atoms with Crippen LogP contribution < -0.4 is 0 Å². The summed E-state index contributed by atoms with van der Waals surface area (Å²) in [6.07, 6.45) is 1.63. The van der Waals surface area contributed by atoms with Gasteiger partial charge in [0, 0.05) is 17.3 Å². The van der Waals surface area contributed by atoms with Crippen LogP contribution in [0.1, 0.15) is 32.1 Å². The molecule has 0 spiro atoms. The highest BCUT2D eigenvalue weighted by Gasteiger charge is 2.33. The van der Waals surface area contributed by atoms with E-state index >= 15 is 0 Å². The minimum absolute atomic E-state index is 0.166. The lowest BCUT2D eigenvalue weighted by Gasteiger charge is -2.11. The maximum absolute atomic E-state index is 12.5. The summed E-state index contributed by atoms with van der Waals surface area (Å²) in [5.41, 5.74) is 1.80. The van der Waals surface area contributed by atoms with Crippen LogP contribution in [0.3, 0.4) is 0 Å². The number of imidazole rings is 1. The number of carbonyl (C=O) groups is 2. The quantitative estimate of drug-likeness (QED) is 0.578. The first-order valence-electron chi connectivity index (χ1n) is 6.45. The second-order valence-corrected chi connectivity index (χ2v) is 4.73. The van der Waals surface area contributed by atoms with Crippen molar-refractivity contribution in [2.45, 2.75) is 0 Å². The number of aromatic amines is 1.